The van der Waals surface area contributed by atoms with Gasteiger partial charge in [0, 0.05) is 53.7 Å². The number of benzene rings is 10. The largest absolute Gasteiger partial charge is 0.310 e. The molecule has 12 aromatic rings. The second kappa shape index (κ2) is 14.6. The third-order valence-corrected chi connectivity index (χ3v) is 14.6. The highest BCUT2D eigenvalue weighted by molar-refractivity contribution is 7.26. The Labute approximate surface area is 376 Å². The quantitative estimate of drug-likeness (QED) is 0.155. The van der Waals surface area contributed by atoms with Crippen LogP contribution in [0.4, 0.5) is 17.1 Å². The SMILES string of the molecule is c1ccc(-c2ccc(N(c3ccc4c(c3)C(c3ccccc3)(c3ccccc3)c3ccccc3-4)c3ccc4sc5ccc6c7ccccc7n(-c7ccccc7)c6c5c4c3)cc2)cc1. The highest BCUT2D eigenvalue weighted by atomic mass is 32.1. The van der Waals surface area contributed by atoms with E-state index in [2.05, 4.69) is 252 Å². The first-order valence-electron chi connectivity index (χ1n) is 22.0. The maximum atomic E-state index is 2.47. The smallest absolute Gasteiger partial charge is 0.0714 e. The van der Waals surface area contributed by atoms with E-state index in [4.69, 9.17) is 0 Å². The van der Waals surface area contributed by atoms with E-state index >= 15 is 0 Å². The van der Waals surface area contributed by atoms with E-state index in [1.165, 1.54) is 86.5 Å². The summed E-state index contributed by atoms with van der Waals surface area (Å²) in [4.78, 5) is 2.47. The molecular weight excluding hydrogens is 793 g/mol. The molecule has 0 amide bonds. The van der Waals surface area contributed by atoms with Crippen LogP contribution in [-0.2, 0) is 5.41 Å². The van der Waals surface area contributed by atoms with Gasteiger partial charge in [0.1, 0.15) is 0 Å². The summed E-state index contributed by atoms with van der Waals surface area (Å²) in [5.74, 6) is 0. The maximum Gasteiger partial charge on any atom is 0.0714 e. The van der Waals surface area contributed by atoms with Crippen molar-refractivity contribution in [3.8, 4) is 27.9 Å². The highest BCUT2D eigenvalue weighted by Crippen LogP contribution is 2.57. The topological polar surface area (TPSA) is 8.17 Å². The zero-order valence-corrected chi connectivity index (χ0v) is 35.7. The number of rotatable bonds is 7. The van der Waals surface area contributed by atoms with Gasteiger partial charge in [0.2, 0.25) is 0 Å². The van der Waals surface area contributed by atoms with Gasteiger partial charge in [-0.25, -0.2) is 0 Å². The Morgan fingerprint density at radius 2 is 0.938 bits per heavy atom. The van der Waals surface area contributed by atoms with Crippen LogP contribution in [0.15, 0.2) is 243 Å². The molecule has 0 fully saturated rings. The van der Waals surface area contributed by atoms with Gasteiger partial charge < -0.3 is 9.47 Å². The molecule has 13 rings (SSSR count). The highest BCUT2D eigenvalue weighted by Gasteiger charge is 2.46. The third-order valence-electron chi connectivity index (χ3n) is 13.5. The van der Waals surface area contributed by atoms with Crippen LogP contribution >= 0.6 is 11.3 Å². The molecule has 2 aromatic heterocycles. The van der Waals surface area contributed by atoms with Crippen LogP contribution in [0.25, 0.3) is 69.9 Å². The number of aromatic nitrogens is 1. The third kappa shape index (κ3) is 5.44. The zero-order chi connectivity index (χ0) is 42.2. The fourth-order valence-electron chi connectivity index (χ4n) is 10.7. The van der Waals surface area contributed by atoms with E-state index in [9.17, 15) is 0 Å². The molecule has 2 nitrogen and oxygen atoms in total. The Bertz CT molecular complexity index is 3660. The summed E-state index contributed by atoms with van der Waals surface area (Å²) in [7, 11) is 0. The Morgan fingerprint density at radius 1 is 0.375 bits per heavy atom. The van der Waals surface area contributed by atoms with Gasteiger partial charge in [-0.1, -0.05) is 176 Å². The predicted octanol–water partition coefficient (Wildman–Crippen LogP) is 16.7. The lowest BCUT2D eigenvalue weighted by Crippen LogP contribution is -2.28. The average molecular weight is 833 g/mol. The lowest BCUT2D eigenvalue weighted by Gasteiger charge is -2.35. The van der Waals surface area contributed by atoms with Crippen molar-refractivity contribution in [2.45, 2.75) is 5.41 Å². The second-order valence-electron chi connectivity index (χ2n) is 16.8. The lowest BCUT2D eigenvalue weighted by atomic mass is 9.67. The van der Waals surface area contributed by atoms with Gasteiger partial charge in [0.25, 0.3) is 0 Å². The van der Waals surface area contributed by atoms with Crippen LogP contribution in [0, 0.1) is 0 Å². The molecule has 0 aliphatic heterocycles. The van der Waals surface area contributed by atoms with Gasteiger partial charge in [-0.05, 0) is 111 Å². The Hall–Kier alpha value is -7.98. The Morgan fingerprint density at radius 3 is 1.69 bits per heavy atom. The summed E-state index contributed by atoms with van der Waals surface area (Å²) in [6, 6.07) is 89.5. The van der Waals surface area contributed by atoms with Gasteiger partial charge in [-0.15, -0.1) is 11.3 Å². The molecular formula is C61H40N2S. The normalized spacial score (nSPS) is 12.8. The minimum absolute atomic E-state index is 0.517. The molecule has 2 heterocycles. The monoisotopic (exact) mass is 832 g/mol. The molecule has 1 aliphatic carbocycles. The van der Waals surface area contributed by atoms with E-state index in [0.29, 0.717) is 0 Å². The van der Waals surface area contributed by atoms with Crippen LogP contribution < -0.4 is 4.90 Å². The predicted molar refractivity (Wildman–Crippen MR) is 271 cm³/mol. The molecule has 0 atom stereocenters. The second-order valence-corrected chi connectivity index (χ2v) is 17.9. The fraction of sp³-hybridized carbons (Fsp3) is 0.0164. The van der Waals surface area contributed by atoms with Gasteiger partial charge >= 0.3 is 0 Å². The number of para-hydroxylation sites is 2. The molecule has 0 bridgehead atoms. The minimum atomic E-state index is -0.517. The van der Waals surface area contributed by atoms with Crippen molar-refractivity contribution in [2.24, 2.45) is 0 Å². The zero-order valence-electron chi connectivity index (χ0n) is 34.9. The number of hydrogen-bond acceptors (Lipinski definition) is 2. The van der Waals surface area contributed by atoms with Crippen LogP contribution in [0.2, 0.25) is 0 Å². The van der Waals surface area contributed by atoms with E-state index in [0.717, 1.165) is 22.7 Å². The van der Waals surface area contributed by atoms with E-state index in [1.54, 1.807) is 0 Å². The summed E-state index contributed by atoms with van der Waals surface area (Å²) >= 11 is 1.87. The summed E-state index contributed by atoms with van der Waals surface area (Å²) in [5.41, 5.74) is 16.5. The van der Waals surface area contributed by atoms with Crippen LogP contribution in [0.1, 0.15) is 22.3 Å². The van der Waals surface area contributed by atoms with Crippen molar-refractivity contribution in [3.05, 3.63) is 265 Å². The van der Waals surface area contributed by atoms with Crippen LogP contribution in [0.5, 0.6) is 0 Å². The molecule has 0 saturated heterocycles. The van der Waals surface area contributed by atoms with Crippen molar-refractivity contribution in [2.75, 3.05) is 4.90 Å². The van der Waals surface area contributed by atoms with Crippen molar-refractivity contribution < 1.29 is 0 Å². The van der Waals surface area contributed by atoms with Gasteiger partial charge in [-0.2, -0.15) is 0 Å². The fourth-order valence-corrected chi connectivity index (χ4v) is 11.8. The van der Waals surface area contributed by atoms with Crippen LogP contribution in [-0.4, -0.2) is 4.57 Å². The molecule has 0 N–H and O–H groups in total. The van der Waals surface area contributed by atoms with Gasteiger partial charge in [0.05, 0.1) is 16.4 Å². The summed E-state index contributed by atoms with van der Waals surface area (Å²) in [6.07, 6.45) is 0. The summed E-state index contributed by atoms with van der Waals surface area (Å²) < 4.78 is 5.02. The van der Waals surface area contributed by atoms with Crippen molar-refractivity contribution in [1.82, 2.24) is 4.57 Å². The molecule has 0 saturated carbocycles. The van der Waals surface area contributed by atoms with Gasteiger partial charge in [0.15, 0.2) is 0 Å². The maximum absolute atomic E-state index is 2.47. The molecule has 0 unspecified atom stereocenters. The van der Waals surface area contributed by atoms with E-state index < -0.39 is 5.41 Å². The molecule has 0 radical (unpaired) electrons. The standard InChI is InChI=1S/C61H40N2S/c1-5-17-41(18-6-1)42-29-31-46(32-30-42)62(48-33-35-50-49-25-13-15-27-54(49)61(55(50)40-48,43-19-7-2-8-20-43)44-21-9-3-10-22-44)47-34-37-57-53(39-47)59-58(64-57)38-36-52-51-26-14-16-28-56(51)63(60(52)59)45-23-11-4-12-24-45/h1-40H. The Kier molecular flexibility index (Phi) is 8.34. The average Bonchev–Trinajstić information content (AvgIpc) is 4.01. The van der Waals surface area contributed by atoms with E-state index in [-0.39, 0.29) is 0 Å². The van der Waals surface area contributed by atoms with Crippen molar-refractivity contribution >= 4 is 70.4 Å². The summed E-state index contributed by atoms with van der Waals surface area (Å²) in [6.45, 7) is 0. The van der Waals surface area contributed by atoms with E-state index in [1.807, 2.05) is 11.3 Å². The van der Waals surface area contributed by atoms with Crippen molar-refractivity contribution in [3.63, 3.8) is 0 Å². The molecule has 1 aliphatic rings. The molecule has 300 valence electrons. The number of thiophene rings is 1. The Balaban J connectivity index is 1.08. The molecule has 64 heavy (non-hydrogen) atoms. The molecule has 10 aromatic carbocycles. The lowest BCUT2D eigenvalue weighted by molar-refractivity contribution is 0.768. The first kappa shape index (κ1) is 36.7. The number of anilines is 3. The van der Waals surface area contributed by atoms with Crippen molar-refractivity contribution in [1.29, 1.82) is 0 Å². The number of fused-ring (bicyclic) bond motifs is 10. The number of nitrogens with zero attached hydrogens (tertiary/aromatic N) is 2. The molecule has 3 heteroatoms. The first-order valence-corrected chi connectivity index (χ1v) is 22.8. The molecule has 0 spiro atoms. The number of hydrogen-bond donors (Lipinski definition) is 0. The van der Waals surface area contributed by atoms with Crippen LogP contribution in [0.3, 0.4) is 0 Å². The first-order chi connectivity index (χ1) is 31.8. The van der Waals surface area contributed by atoms with Gasteiger partial charge in [-0.3, -0.25) is 0 Å². The minimum Gasteiger partial charge on any atom is -0.310 e. The summed E-state index contributed by atoms with van der Waals surface area (Å²) in [5, 5.41) is 5.07.